The first kappa shape index (κ1) is 60.2. The zero-order valence-corrected chi connectivity index (χ0v) is 33.5. The molecule has 18 nitrogen and oxygen atoms in total. The summed E-state index contributed by atoms with van der Waals surface area (Å²) in [6, 6.07) is 0. The van der Waals surface area contributed by atoms with E-state index in [0.29, 0.717) is 6.42 Å². The molecule has 0 rings (SSSR count). The molecule has 4 atom stereocenters. The highest BCUT2D eigenvalue weighted by Crippen LogP contribution is 2.42. The van der Waals surface area contributed by atoms with Gasteiger partial charge in [-0.2, -0.15) is 0 Å². The molecule has 0 saturated carbocycles. The number of carboxylic acids is 4. The minimum atomic E-state index is -1.83. The van der Waals surface area contributed by atoms with Crippen LogP contribution in [0.25, 0.3) is 0 Å². The third-order valence-corrected chi connectivity index (χ3v) is 8.72. The molecule has 0 aliphatic heterocycles. The maximum absolute atomic E-state index is 12.3. The second kappa shape index (κ2) is 40.7. The number of carboxylic acid groups (broad SMARTS) is 4. The normalized spacial score (nSPS) is 13.6. The van der Waals surface area contributed by atoms with Gasteiger partial charge in [0.05, 0.1) is 76.0 Å². The molecule has 56 heavy (non-hydrogen) atoms. The summed E-state index contributed by atoms with van der Waals surface area (Å²) < 4.78 is 0. The molecule has 0 saturated heterocycles. The van der Waals surface area contributed by atoms with E-state index in [4.69, 9.17) is 46.0 Å². The number of rotatable bonds is 32. The number of unbranched alkanes of at least 4 members (excludes halogenated alkanes) is 12. The minimum Gasteiger partial charge on any atom is -0.481 e. The molecular formula is C38H76O18. The highest BCUT2D eigenvalue weighted by molar-refractivity contribution is 5.83. The molecule has 18 heteroatoms. The molecule has 0 amide bonds. The fraction of sp³-hybridized carbons (Fsp3) is 0.895. The van der Waals surface area contributed by atoms with E-state index in [2.05, 4.69) is 13.8 Å². The third-order valence-electron chi connectivity index (χ3n) is 8.72. The largest absolute Gasteiger partial charge is 0.481 e. The highest BCUT2D eigenvalue weighted by Gasteiger charge is 2.50. The van der Waals surface area contributed by atoms with E-state index in [-0.39, 0.29) is 45.7 Å². The van der Waals surface area contributed by atoms with Gasteiger partial charge in [0, 0.05) is 0 Å². The van der Waals surface area contributed by atoms with Gasteiger partial charge in [-0.1, -0.05) is 104 Å². The van der Waals surface area contributed by atoms with Gasteiger partial charge in [0.1, 0.15) is 12.2 Å². The lowest BCUT2D eigenvalue weighted by molar-refractivity contribution is -0.168. The van der Waals surface area contributed by atoms with Crippen molar-refractivity contribution in [1.29, 1.82) is 0 Å². The van der Waals surface area contributed by atoms with Crippen LogP contribution >= 0.6 is 0 Å². The second-order valence-electron chi connectivity index (χ2n) is 14.3. The summed E-state index contributed by atoms with van der Waals surface area (Å²) in [7, 11) is 0. The van der Waals surface area contributed by atoms with Gasteiger partial charge < -0.3 is 71.5 Å². The fourth-order valence-corrected chi connectivity index (χ4v) is 5.42. The van der Waals surface area contributed by atoms with Crippen LogP contribution in [0.4, 0.5) is 0 Å². The molecule has 0 aromatic heterocycles. The van der Waals surface area contributed by atoms with Crippen molar-refractivity contribution in [1.82, 2.24) is 0 Å². The van der Waals surface area contributed by atoms with E-state index >= 15 is 0 Å². The van der Waals surface area contributed by atoms with Crippen molar-refractivity contribution in [3.05, 3.63) is 0 Å². The van der Waals surface area contributed by atoms with Crippen LogP contribution in [0.3, 0.4) is 0 Å². The number of hydrogen-bond donors (Lipinski definition) is 14. The quantitative estimate of drug-likeness (QED) is 0.0426. The Hall–Kier alpha value is -2.52. The average molecular weight is 821 g/mol. The number of aliphatic carboxylic acids is 4. The standard InChI is InChI=1S/C28H54O8.C4H6O4.2C3H8O3/c1-22(2)16-14-12-10-8-6-4-3-5-7-9-11-13-15-17-28(27(35)36,19-24(32)21-30)25(26(33)34)18-23(31)20-29;5-3(6)1-2-4(7)8;2*4-1-3(6)2-5/h22-25,29-32H,3-21H2,1-2H3,(H,33,34)(H,35,36);1-2H2,(H,5,6)(H,7,8);2*3-6H,1-2H2. The summed E-state index contributed by atoms with van der Waals surface area (Å²) in [4.78, 5) is 43.5. The first-order chi connectivity index (χ1) is 26.3. The summed E-state index contributed by atoms with van der Waals surface area (Å²) in [5, 5.41) is 122. The zero-order chi connectivity index (χ0) is 44.0. The highest BCUT2D eigenvalue weighted by atomic mass is 16.4. The molecule has 336 valence electrons. The van der Waals surface area contributed by atoms with Crippen LogP contribution in [0.15, 0.2) is 0 Å². The fourth-order valence-electron chi connectivity index (χ4n) is 5.42. The summed E-state index contributed by atoms with van der Waals surface area (Å²) in [5.41, 5.74) is -1.83. The molecule has 0 aromatic rings. The Morgan fingerprint density at radius 1 is 0.464 bits per heavy atom. The van der Waals surface area contributed by atoms with Crippen LogP contribution in [-0.2, 0) is 19.2 Å². The Morgan fingerprint density at radius 3 is 1.04 bits per heavy atom. The summed E-state index contributed by atoms with van der Waals surface area (Å²) >= 11 is 0. The van der Waals surface area contributed by atoms with Crippen LogP contribution in [0.2, 0.25) is 0 Å². The average Bonchev–Trinajstić information content (AvgIpc) is 3.16. The number of aliphatic hydroxyl groups excluding tert-OH is 10. The van der Waals surface area contributed by atoms with Gasteiger partial charge in [-0.3, -0.25) is 19.2 Å². The topological polar surface area (TPSA) is 352 Å². The third kappa shape index (κ3) is 38.4. The molecular weight excluding hydrogens is 744 g/mol. The maximum atomic E-state index is 12.3. The Kier molecular flexibility index (Phi) is 43.7. The smallest absolute Gasteiger partial charge is 0.310 e. The van der Waals surface area contributed by atoms with Crippen molar-refractivity contribution < 1.29 is 90.7 Å². The molecule has 0 radical (unpaired) electrons. The number of aliphatic hydroxyl groups is 10. The van der Waals surface area contributed by atoms with Gasteiger partial charge in [0.25, 0.3) is 0 Å². The van der Waals surface area contributed by atoms with Crippen LogP contribution in [-0.4, -0.2) is 159 Å². The van der Waals surface area contributed by atoms with Crippen LogP contribution in [0.5, 0.6) is 0 Å². The Morgan fingerprint density at radius 2 is 0.786 bits per heavy atom. The lowest BCUT2D eigenvalue weighted by atomic mass is 9.66. The lowest BCUT2D eigenvalue weighted by Crippen LogP contribution is -2.47. The van der Waals surface area contributed by atoms with Gasteiger partial charge in [-0.15, -0.1) is 0 Å². The Balaban J connectivity index is -0.000000545. The maximum Gasteiger partial charge on any atom is 0.310 e. The van der Waals surface area contributed by atoms with Crippen molar-refractivity contribution in [2.75, 3.05) is 39.6 Å². The monoisotopic (exact) mass is 821 g/mol. The molecule has 0 bridgehead atoms. The first-order valence-corrected chi connectivity index (χ1v) is 19.6. The van der Waals surface area contributed by atoms with Gasteiger partial charge in [0.15, 0.2) is 0 Å². The van der Waals surface area contributed by atoms with E-state index in [9.17, 15) is 44.7 Å². The SMILES string of the molecule is CC(C)CCCCCCCCCCCCCCCC(CC(O)CO)(C(=O)O)C(CC(O)CO)C(=O)O.O=C(O)CCC(=O)O.OCC(O)CO.OCC(O)CO. The molecule has 0 aromatic carbocycles. The molecule has 4 unspecified atom stereocenters. The van der Waals surface area contributed by atoms with Crippen molar-refractivity contribution in [3.63, 3.8) is 0 Å². The molecule has 0 fully saturated rings. The predicted molar refractivity (Wildman–Crippen MR) is 206 cm³/mol. The summed E-state index contributed by atoms with van der Waals surface area (Å²) in [6.07, 6.45) is 9.88. The lowest BCUT2D eigenvalue weighted by Gasteiger charge is -2.37. The van der Waals surface area contributed by atoms with Gasteiger partial charge >= 0.3 is 23.9 Å². The first-order valence-electron chi connectivity index (χ1n) is 19.6. The van der Waals surface area contributed by atoms with Gasteiger partial charge in [0.2, 0.25) is 0 Å². The van der Waals surface area contributed by atoms with Crippen molar-refractivity contribution in [2.24, 2.45) is 17.3 Å². The Labute approximate surface area is 331 Å². The van der Waals surface area contributed by atoms with Crippen LogP contribution in [0.1, 0.15) is 136 Å². The van der Waals surface area contributed by atoms with E-state index < -0.39 is 85.7 Å². The molecule has 0 aliphatic carbocycles. The van der Waals surface area contributed by atoms with Crippen LogP contribution < -0.4 is 0 Å². The van der Waals surface area contributed by atoms with E-state index in [0.717, 1.165) is 31.6 Å². The minimum absolute atomic E-state index is 0.0195. The van der Waals surface area contributed by atoms with Gasteiger partial charge in [-0.05, 0) is 25.2 Å². The van der Waals surface area contributed by atoms with E-state index in [1.807, 2.05) is 0 Å². The molecule has 0 aliphatic rings. The molecule has 14 N–H and O–H groups in total. The van der Waals surface area contributed by atoms with Crippen molar-refractivity contribution in [3.8, 4) is 0 Å². The predicted octanol–water partition coefficient (Wildman–Crippen LogP) is 1.35. The molecule has 0 spiro atoms. The number of hydrogen-bond acceptors (Lipinski definition) is 14. The second-order valence-corrected chi connectivity index (χ2v) is 14.3. The van der Waals surface area contributed by atoms with E-state index in [1.165, 1.54) is 57.8 Å². The summed E-state index contributed by atoms with van der Waals surface area (Å²) in [6.45, 7) is 1.73. The Bertz CT molecular complexity index is 904. The summed E-state index contributed by atoms with van der Waals surface area (Å²) in [5.74, 6) is -5.61. The van der Waals surface area contributed by atoms with Crippen molar-refractivity contribution >= 4 is 23.9 Å². The van der Waals surface area contributed by atoms with Crippen LogP contribution in [0, 0.1) is 17.3 Å². The zero-order valence-electron chi connectivity index (χ0n) is 33.5. The van der Waals surface area contributed by atoms with Gasteiger partial charge in [-0.25, -0.2) is 0 Å². The van der Waals surface area contributed by atoms with E-state index in [1.54, 1.807) is 0 Å². The van der Waals surface area contributed by atoms with Crippen molar-refractivity contribution in [2.45, 2.75) is 160 Å². The molecule has 0 heterocycles. The number of carbonyl (C=O) groups is 4.